The molecule has 0 aliphatic carbocycles. The molecule has 0 unspecified atom stereocenters. The fourth-order valence-corrected chi connectivity index (χ4v) is 1.16. The van der Waals surface area contributed by atoms with Gasteiger partial charge in [0.05, 0.1) is 6.61 Å². The van der Waals surface area contributed by atoms with Gasteiger partial charge < -0.3 is 4.74 Å². The Morgan fingerprint density at radius 2 is 2.13 bits per heavy atom. The smallest absolute Gasteiger partial charge is 0.330 e. The molecular weight excluding hydrogens is 188 g/mol. The first-order valence-electron chi connectivity index (χ1n) is 5.65. The Balaban J connectivity index is 3.69. The van der Waals surface area contributed by atoms with Gasteiger partial charge in [-0.15, -0.1) is 6.58 Å². The first-order valence-corrected chi connectivity index (χ1v) is 5.65. The van der Waals surface area contributed by atoms with Gasteiger partial charge in [0, 0.05) is 6.08 Å². The van der Waals surface area contributed by atoms with Crippen molar-refractivity contribution in [2.45, 2.75) is 46.0 Å². The second kappa shape index (κ2) is 9.50. The largest absolute Gasteiger partial charge is 0.463 e. The van der Waals surface area contributed by atoms with E-state index in [-0.39, 0.29) is 5.97 Å². The average molecular weight is 210 g/mol. The van der Waals surface area contributed by atoms with E-state index < -0.39 is 0 Å². The molecule has 0 N–H and O–H groups in total. The SMILES string of the molecule is C=CCCC/C(C)=C/C(=O)OCCCC. The average Bonchev–Trinajstić information content (AvgIpc) is 2.18. The van der Waals surface area contributed by atoms with Crippen LogP contribution >= 0.6 is 0 Å². The third kappa shape index (κ3) is 9.26. The van der Waals surface area contributed by atoms with Gasteiger partial charge in [-0.3, -0.25) is 0 Å². The lowest BCUT2D eigenvalue weighted by Gasteiger charge is -2.02. The highest BCUT2D eigenvalue weighted by molar-refractivity contribution is 5.82. The number of carbonyl (C=O) groups is 1. The van der Waals surface area contributed by atoms with E-state index >= 15 is 0 Å². The Bertz CT molecular complexity index is 217. The Morgan fingerprint density at radius 1 is 1.40 bits per heavy atom. The van der Waals surface area contributed by atoms with Crippen LogP contribution in [0.3, 0.4) is 0 Å². The molecule has 0 aromatic heterocycles. The third-order valence-electron chi connectivity index (χ3n) is 2.09. The third-order valence-corrected chi connectivity index (χ3v) is 2.09. The van der Waals surface area contributed by atoms with E-state index in [9.17, 15) is 4.79 Å². The van der Waals surface area contributed by atoms with Crippen LogP contribution in [0, 0.1) is 0 Å². The van der Waals surface area contributed by atoms with E-state index in [1.165, 1.54) is 0 Å². The molecule has 0 atom stereocenters. The molecule has 0 aromatic carbocycles. The van der Waals surface area contributed by atoms with Gasteiger partial charge in [-0.05, 0) is 32.6 Å². The Morgan fingerprint density at radius 3 is 2.73 bits per heavy atom. The number of hydrogen-bond acceptors (Lipinski definition) is 2. The molecule has 0 aliphatic heterocycles. The highest BCUT2D eigenvalue weighted by Crippen LogP contribution is 2.06. The van der Waals surface area contributed by atoms with Crippen molar-refractivity contribution < 1.29 is 9.53 Å². The van der Waals surface area contributed by atoms with Crippen molar-refractivity contribution in [1.29, 1.82) is 0 Å². The molecule has 0 aliphatic rings. The summed E-state index contributed by atoms with van der Waals surface area (Å²) in [5.41, 5.74) is 1.08. The first kappa shape index (κ1) is 13.9. The van der Waals surface area contributed by atoms with Crippen molar-refractivity contribution in [3.05, 3.63) is 24.3 Å². The zero-order valence-electron chi connectivity index (χ0n) is 9.92. The summed E-state index contributed by atoms with van der Waals surface area (Å²) in [5, 5.41) is 0. The molecular formula is C13H22O2. The van der Waals surface area contributed by atoms with Crippen LogP contribution in [0.1, 0.15) is 46.0 Å². The summed E-state index contributed by atoms with van der Waals surface area (Å²) in [6, 6.07) is 0. The molecule has 0 bridgehead atoms. The number of hydrogen-bond donors (Lipinski definition) is 0. The van der Waals surface area contributed by atoms with Gasteiger partial charge in [-0.1, -0.05) is 25.0 Å². The van der Waals surface area contributed by atoms with Crippen LogP contribution in [0.4, 0.5) is 0 Å². The van der Waals surface area contributed by atoms with Crippen molar-refractivity contribution in [2.24, 2.45) is 0 Å². The Labute approximate surface area is 93.0 Å². The monoisotopic (exact) mass is 210 g/mol. The fraction of sp³-hybridized carbons (Fsp3) is 0.615. The quantitative estimate of drug-likeness (QED) is 0.265. The van der Waals surface area contributed by atoms with Crippen molar-refractivity contribution >= 4 is 5.97 Å². The molecule has 0 aromatic rings. The normalized spacial score (nSPS) is 11.2. The zero-order valence-corrected chi connectivity index (χ0v) is 9.92. The number of rotatable bonds is 8. The molecule has 15 heavy (non-hydrogen) atoms. The summed E-state index contributed by atoms with van der Waals surface area (Å²) >= 11 is 0. The second-order valence-corrected chi connectivity index (χ2v) is 3.69. The topological polar surface area (TPSA) is 26.3 Å². The number of carbonyl (C=O) groups excluding carboxylic acids is 1. The predicted octanol–water partition coefficient (Wildman–Crippen LogP) is 3.63. The van der Waals surface area contributed by atoms with E-state index in [0.29, 0.717) is 6.61 Å². The minimum atomic E-state index is -0.209. The zero-order chi connectivity index (χ0) is 11.5. The highest BCUT2D eigenvalue weighted by atomic mass is 16.5. The van der Waals surface area contributed by atoms with Gasteiger partial charge in [0.25, 0.3) is 0 Å². The van der Waals surface area contributed by atoms with Crippen LogP contribution in [0.25, 0.3) is 0 Å². The maximum atomic E-state index is 11.2. The summed E-state index contributed by atoms with van der Waals surface area (Å²) in [7, 11) is 0. The minimum absolute atomic E-state index is 0.209. The van der Waals surface area contributed by atoms with Crippen LogP contribution in [-0.4, -0.2) is 12.6 Å². The maximum Gasteiger partial charge on any atom is 0.330 e. The molecule has 0 heterocycles. The lowest BCUT2D eigenvalue weighted by Crippen LogP contribution is -2.02. The maximum absolute atomic E-state index is 11.2. The molecule has 0 saturated heterocycles. The number of allylic oxidation sites excluding steroid dienone is 2. The van der Waals surface area contributed by atoms with Crippen LogP contribution in [0.2, 0.25) is 0 Å². The summed E-state index contributed by atoms with van der Waals surface area (Å²) < 4.78 is 5.02. The van der Waals surface area contributed by atoms with E-state index in [1.807, 2.05) is 13.0 Å². The van der Waals surface area contributed by atoms with Crippen molar-refractivity contribution in [3.63, 3.8) is 0 Å². The van der Waals surface area contributed by atoms with E-state index in [1.54, 1.807) is 6.08 Å². The van der Waals surface area contributed by atoms with Gasteiger partial charge >= 0.3 is 5.97 Å². The van der Waals surface area contributed by atoms with Crippen LogP contribution in [-0.2, 0) is 9.53 Å². The summed E-state index contributed by atoms with van der Waals surface area (Å²) in [6.45, 7) is 8.23. The van der Waals surface area contributed by atoms with E-state index in [0.717, 1.165) is 37.7 Å². The van der Waals surface area contributed by atoms with Gasteiger partial charge in [-0.2, -0.15) is 0 Å². The molecule has 2 nitrogen and oxygen atoms in total. The predicted molar refractivity (Wildman–Crippen MR) is 63.7 cm³/mol. The number of ether oxygens (including phenoxy) is 1. The van der Waals surface area contributed by atoms with Crippen molar-refractivity contribution in [1.82, 2.24) is 0 Å². The van der Waals surface area contributed by atoms with Crippen LogP contribution < -0.4 is 0 Å². The van der Waals surface area contributed by atoms with Gasteiger partial charge in [-0.25, -0.2) is 4.79 Å². The summed E-state index contributed by atoms with van der Waals surface area (Å²) in [4.78, 5) is 11.2. The van der Waals surface area contributed by atoms with Crippen molar-refractivity contribution in [3.8, 4) is 0 Å². The van der Waals surface area contributed by atoms with Crippen LogP contribution in [0.15, 0.2) is 24.3 Å². The first-order chi connectivity index (χ1) is 7.20. The molecule has 86 valence electrons. The van der Waals surface area contributed by atoms with Gasteiger partial charge in [0.2, 0.25) is 0 Å². The lowest BCUT2D eigenvalue weighted by atomic mass is 10.1. The lowest BCUT2D eigenvalue weighted by molar-refractivity contribution is -0.137. The molecule has 0 amide bonds. The number of unbranched alkanes of at least 4 members (excludes halogenated alkanes) is 2. The van der Waals surface area contributed by atoms with Gasteiger partial charge in [0.1, 0.15) is 0 Å². The molecule has 2 heteroatoms. The Kier molecular flexibility index (Phi) is 8.84. The summed E-state index contributed by atoms with van der Waals surface area (Å²) in [5.74, 6) is -0.209. The van der Waals surface area contributed by atoms with Crippen LogP contribution in [0.5, 0.6) is 0 Å². The fourth-order valence-electron chi connectivity index (χ4n) is 1.16. The van der Waals surface area contributed by atoms with Crippen molar-refractivity contribution in [2.75, 3.05) is 6.61 Å². The second-order valence-electron chi connectivity index (χ2n) is 3.69. The molecule has 0 saturated carbocycles. The molecule has 0 rings (SSSR count). The molecule has 0 spiro atoms. The standard InChI is InChI=1S/C13H22O2/c1-4-6-8-9-12(3)11-13(14)15-10-7-5-2/h4,11H,1,5-10H2,2-3H3/b12-11+. The number of esters is 1. The molecule has 0 radical (unpaired) electrons. The Hall–Kier alpha value is -1.05. The van der Waals surface area contributed by atoms with Gasteiger partial charge in [0.15, 0.2) is 0 Å². The summed E-state index contributed by atoms with van der Waals surface area (Å²) in [6.07, 6.45) is 8.47. The highest BCUT2D eigenvalue weighted by Gasteiger charge is 1.98. The van der Waals surface area contributed by atoms with E-state index in [4.69, 9.17) is 4.74 Å². The molecule has 0 fully saturated rings. The minimum Gasteiger partial charge on any atom is -0.463 e. The van der Waals surface area contributed by atoms with E-state index in [2.05, 4.69) is 13.5 Å².